The van der Waals surface area contributed by atoms with Crippen molar-refractivity contribution >= 4 is 17.5 Å². The number of carbonyl (C=O) groups excluding carboxylic acids is 2. The molecule has 3 rings (SSSR count). The van der Waals surface area contributed by atoms with Crippen LogP contribution in [-0.4, -0.2) is 31.0 Å². The Kier molecular flexibility index (Phi) is 6.12. The minimum atomic E-state index is -0.537. The Balaban J connectivity index is 1.57. The Morgan fingerprint density at radius 1 is 1.15 bits per heavy atom. The fourth-order valence-electron chi connectivity index (χ4n) is 3.35. The summed E-state index contributed by atoms with van der Waals surface area (Å²) < 4.78 is 5.63. The molecule has 0 aliphatic carbocycles. The first-order valence-corrected chi connectivity index (χ1v) is 9.48. The number of rotatable bonds is 7. The molecule has 0 aromatic heterocycles. The summed E-state index contributed by atoms with van der Waals surface area (Å²) in [6.07, 6.45) is 0.681. The van der Waals surface area contributed by atoms with Gasteiger partial charge in [-0.3, -0.25) is 9.59 Å². The van der Waals surface area contributed by atoms with Gasteiger partial charge in [0.15, 0.2) is 6.10 Å². The van der Waals surface area contributed by atoms with E-state index in [0.717, 1.165) is 12.1 Å². The molecule has 0 saturated carbocycles. The van der Waals surface area contributed by atoms with Gasteiger partial charge in [0.05, 0.1) is 5.69 Å². The summed E-state index contributed by atoms with van der Waals surface area (Å²) in [6.45, 7) is 4.80. The summed E-state index contributed by atoms with van der Waals surface area (Å²) in [5.74, 6) is 0.812. The van der Waals surface area contributed by atoms with E-state index in [2.05, 4.69) is 24.4 Å². The minimum absolute atomic E-state index is 0.0474. The molecule has 0 fully saturated rings. The van der Waals surface area contributed by atoms with Gasteiger partial charge in [-0.15, -0.1) is 0 Å². The van der Waals surface area contributed by atoms with Crippen LogP contribution < -0.4 is 15.0 Å². The van der Waals surface area contributed by atoms with Gasteiger partial charge in [0.2, 0.25) is 5.91 Å². The van der Waals surface area contributed by atoms with Crippen LogP contribution in [0.15, 0.2) is 54.6 Å². The van der Waals surface area contributed by atoms with E-state index >= 15 is 0 Å². The van der Waals surface area contributed by atoms with Crippen LogP contribution in [0.25, 0.3) is 0 Å². The van der Waals surface area contributed by atoms with Gasteiger partial charge in [0, 0.05) is 25.4 Å². The van der Waals surface area contributed by atoms with Crippen molar-refractivity contribution in [3.63, 3.8) is 0 Å². The Labute approximate surface area is 160 Å². The minimum Gasteiger partial charge on any atom is -0.479 e. The van der Waals surface area contributed by atoms with Gasteiger partial charge in [-0.2, -0.15) is 0 Å². The molecule has 1 heterocycles. The molecule has 5 heteroatoms. The predicted octanol–water partition coefficient (Wildman–Crippen LogP) is 3.50. The average molecular weight is 366 g/mol. The van der Waals surface area contributed by atoms with Crippen LogP contribution in [0, 0.1) is 0 Å². The Morgan fingerprint density at radius 2 is 1.85 bits per heavy atom. The van der Waals surface area contributed by atoms with Gasteiger partial charge in [0.1, 0.15) is 5.75 Å². The van der Waals surface area contributed by atoms with Crippen molar-refractivity contribution in [3.05, 3.63) is 60.2 Å². The van der Waals surface area contributed by atoms with Gasteiger partial charge >= 0.3 is 0 Å². The second-order valence-corrected chi connectivity index (χ2v) is 6.79. The molecular weight excluding hydrogens is 340 g/mol. The second-order valence-electron chi connectivity index (χ2n) is 6.79. The molecule has 142 valence electrons. The van der Waals surface area contributed by atoms with E-state index in [9.17, 15) is 9.59 Å². The molecule has 0 radical (unpaired) electrons. The van der Waals surface area contributed by atoms with E-state index < -0.39 is 6.10 Å². The highest BCUT2D eigenvalue weighted by molar-refractivity contribution is 6.00. The van der Waals surface area contributed by atoms with Crippen LogP contribution in [0.4, 0.5) is 5.69 Å². The molecule has 1 aliphatic rings. The van der Waals surface area contributed by atoms with Crippen molar-refractivity contribution in [2.45, 2.75) is 38.7 Å². The highest BCUT2D eigenvalue weighted by Crippen LogP contribution is 2.33. The molecule has 2 aromatic carbocycles. The number of para-hydroxylation sites is 2. The molecule has 2 aromatic rings. The number of carbonyl (C=O) groups is 2. The zero-order valence-corrected chi connectivity index (χ0v) is 15.9. The molecule has 1 N–H and O–H groups in total. The number of fused-ring (bicyclic) bond motifs is 1. The smallest absolute Gasteiger partial charge is 0.267 e. The van der Waals surface area contributed by atoms with E-state index in [-0.39, 0.29) is 18.2 Å². The molecular formula is C22H26N2O3. The maximum atomic E-state index is 12.5. The normalized spacial score (nSPS) is 17.0. The molecule has 2 amide bonds. The van der Waals surface area contributed by atoms with Crippen molar-refractivity contribution in [2.24, 2.45) is 0 Å². The monoisotopic (exact) mass is 366 g/mol. The number of anilines is 1. The molecule has 0 spiro atoms. The summed E-state index contributed by atoms with van der Waals surface area (Å²) in [5.41, 5.74) is 1.95. The number of hydrogen-bond acceptors (Lipinski definition) is 3. The lowest BCUT2D eigenvalue weighted by Crippen LogP contribution is -2.45. The highest BCUT2D eigenvalue weighted by Gasteiger charge is 2.31. The van der Waals surface area contributed by atoms with Crippen LogP contribution in [0.1, 0.15) is 38.2 Å². The third-order valence-electron chi connectivity index (χ3n) is 4.95. The number of benzene rings is 2. The maximum Gasteiger partial charge on any atom is 0.267 e. The van der Waals surface area contributed by atoms with Gasteiger partial charge in [0.25, 0.3) is 5.91 Å². The van der Waals surface area contributed by atoms with Gasteiger partial charge in [-0.05, 0) is 31.0 Å². The number of nitrogens with zero attached hydrogens (tertiary/aromatic N) is 1. The molecule has 27 heavy (non-hydrogen) atoms. The number of nitrogens with one attached hydrogen (secondary N) is 1. The lowest BCUT2D eigenvalue weighted by Gasteiger charge is -2.32. The molecule has 2 unspecified atom stereocenters. The van der Waals surface area contributed by atoms with Crippen LogP contribution in [0.3, 0.4) is 0 Å². The first-order valence-electron chi connectivity index (χ1n) is 9.48. The summed E-state index contributed by atoms with van der Waals surface area (Å²) in [6, 6.07) is 17.6. The fourth-order valence-corrected chi connectivity index (χ4v) is 3.35. The highest BCUT2D eigenvalue weighted by atomic mass is 16.5. The zero-order valence-electron chi connectivity index (χ0n) is 15.9. The standard InChI is InChI=1S/C22H26N2O3/c1-3-17(18-9-5-4-6-10-18)15-23-21(25)13-14-24-19-11-7-8-12-20(19)27-16(2)22(24)26/h4-12,16-17H,3,13-15H2,1-2H3,(H,23,25). The quantitative estimate of drug-likeness (QED) is 0.816. The lowest BCUT2D eigenvalue weighted by molar-refractivity contribution is -0.125. The third-order valence-corrected chi connectivity index (χ3v) is 4.95. The van der Waals surface area contributed by atoms with E-state index in [1.165, 1.54) is 5.56 Å². The van der Waals surface area contributed by atoms with Crippen LogP contribution in [0.5, 0.6) is 5.75 Å². The van der Waals surface area contributed by atoms with Crippen LogP contribution in [-0.2, 0) is 9.59 Å². The SMILES string of the molecule is CCC(CNC(=O)CCN1C(=O)C(C)Oc2ccccc21)c1ccccc1. The lowest BCUT2D eigenvalue weighted by atomic mass is 9.96. The van der Waals surface area contributed by atoms with E-state index in [1.807, 2.05) is 42.5 Å². The number of hydrogen-bond donors (Lipinski definition) is 1. The Bertz CT molecular complexity index is 791. The van der Waals surface area contributed by atoms with Crippen LogP contribution >= 0.6 is 0 Å². The van der Waals surface area contributed by atoms with Gasteiger partial charge in [-0.25, -0.2) is 0 Å². The number of amides is 2. The zero-order chi connectivity index (χ0) is 19.2. The van der Waals surface area contributed by atoms with E-state index in [4.69, 9.17) is 4.74 Å². The van der Waals surface area contributed by atoms with Gasteiger partial charge < -0.3 is 15.0 Å². The summed E-state index contributed by atoms with van der Waals surface area (Å²) in [4.78, 5) is 26.5. The third kappa shape index (κ3) is 4.48. The summed E-state index contributed by atoms with van der Waals surface area (Å²) >= 11 is 0. The van der Waals surface area contributed by atoms with Crippen molar-refractivity contribution < 1.29 is 14.3 Å². The molecule has 1 aliphatic heterocycles. The van der Waals surface area contributed by atoms with E-state index in [0.29, 0.717) is 24.8 Å². The molecule has 2 atom stereocenters. The second kappa shape index (κ2) is 8.71. The topological polar surface area (TPSA) is 58.6 Å². The molecule has 5 nitrogen and oxygen atoms in total. The Morgan fingerprint density at radius 3 is 2.59 bits per heavy atom. The first-order chi connectivity index (χ1) is 13.1. The fraction of sp³-hybridized carbons (Fsp3) is 0.364. The number of ether oxygens (including phenoxy) is 1. The first kappa shape index (κ1) is 19.0. The van der Waals surface area contributed by atoms with Crippen molar-refractivity contribution in [1.82, 2.24) is 5.32 Å². The molecule has 0 bridgehead atoms. The van der Waals surface area contributed by atoms with Crippen molar-refractivity contribution in [1.29, 1.82) is 0 Å². The Hall–Kier alpha value is -2.82. The summed E-state index contributed by atoms with van der Waals surface area (Å²) in [7, 11) is 0. The molecule has 0 saturated heterocycles. The van der Waals surface area contributed by atoms with E-state index in [1.54, 1.807) is 11.8 Å². The largest absolute Gasteiger partial charge is 0.479 e. The maximum absolute atomic E-state index is 12.5. The van der Waals surface area contributed by atoms with Gasteiger partial charge in [-0.1, -0.05) is 49.4 Å². The predicted molar refractivity (Wildman–Crippen MR) is 106 cm³/mol. The van der Waals surface area contributed by atoms with Crippen molar-refractivity contribution in [2.75, 3.05) is 18.0 Å². The summed E-state index contributed by atoms with van der Waals surface area (Å²) in [5, 5.41) is 3.01. The average Bonchev–Trinajstić information content (AvgIpc) is 2.69. The van der Waals surface area contributed by atoms with Crippen molar-refractivity contribution in [3.8, 4) is 5.75 Å². The van der Waals surface area contributed by atoms with Crippen LogP contribution in [0.2, 0.25) is 0 Å².